The van der Waals surface area contributed by atoms with Gasteiger partial charge in [0, 0.05) is 20.1 Å². The summed E-state index contributed by atoms with van der Waals surface area (Å²) < 4.78 is 0. The molecule has 1 heterocycles. The van der Waals surface area contributed by atoms with E-state index in [1.165, 1.54) is 4.90 Å². The van der Waals surface area contributed by atoms with Crippen LogP contribution in [-0.2, 0) is 9.59 Å². The molecule has 2 N–H and O–H groups in total. The largest absolute Gasteiger partial charge is 0.342 e. The number of carbonyl (C=O) groups excluding carboxylic acids is 2. The molecular weight excluding hydrogens is 230 g/mol. The lowest BCUT2D eigenvalue weighted by Crippen LogP contribution is -2.52. The van der Waals surface area contributed by atoms with Gasteiger partial charge in [-0.15, -0.1) is 0 Å². The summed E-state index contributed by atoms with van der Waals surface area (Å²) in [7, 11) is 1.74. The van der Waals surface area contributed by atoms with Crippen LogP contribution in [0.15, 0.2) is 30.3 Å². The number of piperazine rings is 1. The van der Waals surface area contributed by atoms with E-state index in [9.17, 15) is 9.59 Å². The second-order valence-corrected chi connectivity index (χ2v) is 4.46. The van der Waals surface area contributed by atoms with E-state index in [2.05, 4.69) is 0 Å². The average Bonchev–Trinajstić information content (AvgIpc) is 2.41. The molecule has 0 saturated carbocycles. The number of benzene rings is 1. The van der Waals surface area contributed by atoms with Gasteiger partial charge in [-0.3, -0.25) is 9.59 Å². The van der Waals surface area contributed by atoms with Crippen molar-refractivity contribution >= 4 is 11.8 Å². The second-order valence-electron chi connectivity index (χ2n) is 4.46. The number of nitrogens with zero attached hydrogens (tertiary/aromatic N) is 2. The van der Waals surface area contributed by atoms with E-state index in [1.807, 2.05) is 30.3 Å². The van der Waals surface area contributed by atoms with Gasteiger partial charge in [-0.2, -0.15) is 0 Å². The Hall–Kier alpha value is -1.88. The standard InChI is InChI=1S/C13H17N3O2/c1-15-7-8-16(9-11(15)17)13(18)12(14)10-5-3-2-4-6-10/h2-6,12H,7-9,14H2,1H3/t12-/m1/s1. The summed E-state index contributed by atoms with van der Waals surface area (Å²) in [5.74, 6) is -0.238. The molecule has 0 aliphatic carbocycles. The van der Waals surface area contributed by atoms with Crippen LogP contribution in [-0.4, -0.2) is 48.3 Å². The quantitative estimate of drug-likeness (QED) is 0.799. The van der Waals surface area contributed by atoms with Gasteiger partial charge in [-0.25, -0.2) is 0 Å². The lowest BCUT2D eigenvalue weighted by atomic mass is 10.1. The molecule has 0 aromatic heterocycles. The summed E-state index contributed by atoms with van der Waals surface area (Å²) in [5, 5.41) is 0. The van der Waals surface area contributed by atoms with Crippen LogP contribution in [0.4, 0.5) is 0 Å². The van der Waals surface area contributed by atoms with Crippen LogP contribution in [0, 0.1) is 0 Å². The zero-order valence-electron chi connectivity index (χ0n) is 10.4. The minimum Gasteiger partial charge on any atom is -0.342 e. The summed E-state index contributed by atoms with van der Waals surface area (Å²) in [6.45, 7) is 1.23. The zero-order chi connectivity index (χ0) is 13.1. The summed E-state index contributed by atoms with van der Waals surface area (Å²) in [5.41, 5.74) is 6.71. The topological polar surface area (TPSA) is 66.6 Å². The van der Waals surface area contributed by atoms with Crippen LogP contribution in [0.1, 0.15) is 11.6 Å². The molecular formula is C13H17N3O2. The zero-order valence-corrected chi connectivity index (χ0v) is 10.4. The van der Waals surface area contributed by atoms with Gasteiger partial charge in [0.1, 0.15) is 6.04 Å². The first-order valence-corrected chi connectivity index (χ1v) is 5.93. The van der Waals surface area contributed by atoms with Gasteiger partial charge in [0.15, 0.2) is 0 Å². The molecule has 96 valence electrons. The molecule has 1 aromatic carbocycles. The Morgan fingerprint density at radius 1 is 1.28 bits per heavy atom. The second kappa shape index (κ2) is 5.18. The predicted molar refractivity (Wildman–Crippen MR) is 67.6 cm³/mol. The number of carbonyl (C=O) groups is 2. The average molecular weight is 247 g/mol. The molecule has 0 radical (unpaired) electrons. The SMILES string of the molecule is CN1CCN(C(=O)[C@H](N)c2ccccc2)CC1=O. The first-order valence-electron chi connectivity index (χ1n) is 5.93. The van der Waals surface area contributed by atoms with Crippen molar-refractivity contribution in [3.8, 4) is 0 Å². The Morgan fingerprint density at radius 3 is 2.56 bits per heavy atom. The molecule has 0 bridgehead atoms. The predicted octanol–water partition coefficient (Wildman–Crippen LogP) is -0.0130. The van der Waals surface area contributed by atoms with Gasteiger partial charge in [-0.05, 0) is 5.56 Å². The van der Waals surface area contributed by atoms with Gasteiger partial charge in [0.2, 0.25) is 11.8 Å². The molecule has 2 amide bonds. The van der Waals surface area contributed by atoms with E-state index in [0.29, 0.717) is 13.1 Å². The van der Waals surface area contributed by atoms with E-state index in [-0.39, 0.29) is 18.4 Å². The van der Waals surface area contributed by atoms with E-state index in [4.69, 9.17) is 5.73 Å². The third-order valence-electron chi connectivity index (χ3n) is 3.19. The number of nitrogens with two attached hydrogens (primary N) is 1. The van der Waals surface area contributed by atoms with Crippen LogP contribution >= 0.6 is 0 Å². The molecule has 5 heteroatoms. The van der Waals surface area contributed by atoms with Gasteiger partial charge in [-0.1, -0.05) is 30.3 Å². The van der Waals surface area contributed by atoms with Crippen molar-refractivity contribution in [3.05, 3.63) is 35.9 Å². The van der Waals surface area contributed by atoms with E-state index < -0.39 is 6.04 Å². The highest BCUT2D eigenvalue weighted by atomic mass is 16.2. The molecule has 5 nitrogen and oxygen atoms in total. The molecule has 18 heavy (non-hydrogen) atoms. The summed E-state index contributed by atoms with van der Waals surface area (Å²) >= 11 is 0. The van der Waals surface area contributed by atoms with E-state index in [1.54, 1.807) is 11.9 Å². The molecule has 1 atom stereocenters. The van der Waals surface area contributed by atoms with E-state index >= 15 is 0 Å². The van der Waals surface area contributed by atoms with Crippen molar-refractivity contribution in [2.45, 2.75) is 6.04 Å². The molecule has 0 spiro atoms. The van der Waals surface area contributed by atoms with Crippen molar-refractivity contribution in [1.82, 2.24) is 9.80 Å². The van der Waals surface area contributed by atoms with Gasteiger partial charge in [0.05, 0.1) is 6.54 Å². The highest BCUT2D eigenvalue weighted by Gasteiger charge is 2.28. The number of hydrogen-bond acceptors (Lipinski definition) is 3. The lowest BCUT2D eigenvalue weighted by molar-refractivity contribution is -0.145. The maximum Gasteiger partial charge on any atom is 0.244 e. The number of likely N-dealkylation sites (N-methyl/N-ethyl adjacent to an activating group) is 1. The van der Waals surface area contributed by atoms with Crippen LogP contribution in [0.25, 0.3) is 0 Å². The fourth-order valence-corrected chi connectivity index (χ4v) is 1.95. The monoisotopic (exact) mass is 247 g/mol. The highest BCUT2D eigenvalue weighted by molar-refractivity contribution is 5.89. The molecule has 1 fully saturated rings. The first kappa shape index (κ1) is 12.6. The van der Waals surface area contributed by atoms with E-state index in [0.717, 1.165) is 5.56 Å². The van der Waals surface area contributed by atoms with Crippen molar-refractivity contribution < 1.29 is 9.59 Å². The molecule has 2 rings (SSSR count). The summed E-state index contributed by atoms with van der Waals surface area (Å²) in [4.78, 5) is 26.9. The minimum atomic E-state index is -0.692. The lowest BCUT2D eigenvalue weighted by Gasteiger charge is -2.33. The Labute approximate surface area is 106 Å². The summed E-state index contributed by atoms with van der Waals surface area (Å²) in [6, 6.07) is 8.51. The Morgan fingerprint density at radius 2 is 1.94 bits per heavy atom. The fraction of sp³-hybridized carbons (Fsp3) is 0.385. The molecule has 1 aliphatic heterocycles. The Balaban J connectivity index is 2.06. The van der Waals surface area contributed by atoms with Crippen molar-refractivity contribution in [3.63, 3.8) is 0 Å². The molecule has 1 aromatic rings. The van der Waals surface area contributed by atoms with Crippen molar-refractivity contribution in [2.24, 2.45) is 5.73 Å². The molecule has 1 saturated heterocycles. The van der Waals surface area contributed by atoms with Crippen molar-refractivity contribution in [2.75, 3.05) is 26.7 Å². The highest BCUT2D eigenvalue weighted by Crippen LogP contribution is 2.14. The summed E-state index contributed by atoms with van der Waals surface area (Å²) in [6.07, 6.45) is 0. The number of amides is 2. The Bertz CT molecular complexity index is 447. The third kappa shape index (κ3) is 2.51. The molecule has 1 aliphatic rings. The Kier molecular flexibility index (Phi) is 3.62. The van der Waals surface area contributed by atoms with Crippen LogP contribution < -0.4 is 5.73 Å². The van der Waals surface area contributed by atoms with Crippen molar-refractivity contribution in [1.29, 1.82) is 0 Å². The number of rotatable bonds is 2. The number of hydrogen-bond donors (Lipinski definition) is 1. The van der Waals surface area contributed by atoms with Crippen LogP contribution in [0.3, 0.4) is 0 Å². The van der Waals surface area contributed by atoms with Gasteiger partial charge < -0.3 is 15.5 Å². The first-order chi connectivity index (χ1) is 8.59. The molecule has 0 unspecified atom stereocenters. The third-order valence-corrected chi connectivity index (χ3v) is 3.19. The minimum absolute atomic E-state index is 0.0464. The fourth-order valence-electron chi connectivity index (χ4n) is 1.95. The smallest absolute Gasteiger partial charge is 0.244 e. The van der Waals surface area contributed by atoms with Gasteiger partial charge >= 0.3 is 0 Å². The van der Waals surface area contributed by atoms with Gasteiger partial charge in [0.25, 0.3) is 0 Å². The maximum atomic E-state index is 12.2. The maximum absolute atomic E-state index is 12.2. The normalized spacial score (nSPS) is 17.8. The van der Waals surface area contributed by atoms with Crippen LogP contribution in [0.5, 0.6) is 0 Å². The van der Waals surface area contributed by atoms with Crippen LogP contribution in [0.2, 0.25) is 0 Å².